The van der Waals surface area contributed by atoms with Crippen molar-refractivity contribution in [1.82, 2.24) is 0 Å². The van der Waals surface area contributed by atoms with Crippen molar-refractivity contribution >= 4 is 15.9 Å². The summed E-state index contributed by atoms with van der Waals surface area (Å²) in [4.78, 5) is 0. The molecule has 0 unspecified atom stereocenters. The molecule has 16 heavy (non-hydrogen) atoms. The SMILES string of the molecule is CC1(C)Cc2cc(Br)cc(C(C)(C)N)c2O1. The molecule has 0 saturated heterocycles. The van der Waals surface area contributed by atoms with E-state index in [9.17, 15) is 0 Å². The van der Waals surface area contributed by atoms with Gasteiger partial charge in [-0.05, 0) is 45.4 Å². The number of ether oxygens (including phenoxy) is 1. The molecule has 0 bridgehead atoms. The van der Waals surface area contributed by atoms with Crippen LogP contribution in [0.15, 0.2) is 16.6 Å². The molecule has 0 radical (unpaired) electrons. The number of hydrogen-bond acceptors (Lipinski definition) is 2. The molecule has 2 nitrogen and oxygen atoms in total. The van der Waals surface area contributed by atoms with Crippen LogP contribution >= 0.6 is 15.9 Å². The summed E-state index contributed by atoms with van der Waals surface area (Å²) in [5.41, 5.74) is 8.00. The van der Waals surface area contributed by atoms with Crippen LogP contribution in [-0.4, -0.2) is 5.60 Å². The molecule has 1 aromatic carbocycles. The predicted octanol–water partition coefficient (Wildman–Crippen LogP) is 3.36. The summed E-state index contributed by atoms with van der Waals surface area (Å²) in [5, 5.41) is 0. The van der Waals surface area contributed by atoms with E-state index < -0.39 is 0 Å². The molecule has 1 aliphatic rings. The standard InChI is InChI=1S/C13H18BrNO/c1-12(2)7-8-5-9(14)6-10(11(8)16-12)13(3,4)15/h5-6H,7,15H2,1-4H3. The number of halogens is 1. The van der Waals surface area contributed by atoms with Crippen LogP contribution in [0, 0.1) is 0 Å². The Hall–Kier alpha value is -0.540. The number of rotatable bonds is 1. The van der Waals surface area contributed by atoms with Gasteiger partial charge >= 0.3 is 0 Å². The van der Waals surface area contributed by atoms with Gasteiger partial charge in [-0.1, -0.05) is 15.9 Å². The molecule has 0 spiro atoms. The summed E-state index contributed by atoms with van der Waals surface area (Å²) >= 11 is 3.53. The minimum Gasteiger partial charge on any atom is -0.487 e. The van der Waals surface area contributed by atoms with E-state index in [0.29, 0.717) is 0 Å². The zero-order valence-corrected chi connectivity index (χ0v) is 11.8. The molecule has 1 heterocycles. The average Bonchev–Trinajstić information content (AvgIpc) is 2.35. The number of fused-ring (bicyclic) bond motifs is 1. The van der Waals surface area contributed by atoms with Crippen LogP contribution in [0.2, 0.25) is 0 Å². The second kappa shape index (κ2) is 3.47. The third-order valence-corrected chi connectivity index (χ3v) is 3.28. The van der Waals surface area contributed by atoms with Crippen LogP contribution in [0.4, 0.5) is 0 Å². The maximum Gasteiger partial charge on any atom is 0.128 e. The molecule has 1 aliphatic heterocycles. The van der Waals surface area contributed by atoms with Gasteiger partial charge in [0, 0.05) is 22.0 Å². The largest absolute Gasteiger partial charge is 0.487 e. The fraction of sp³-hybridized carbons (Fsp3) is 0.538. The van der Waals surface area contributed by atoms with Gasteiger partial charge in [-0.25, -0.2) is 0 Å². The Morgan fingerprint density at radius 1 is 1.38 bits per heavy atom. The maximum absolute atomic E-state index is 6.19. The molecule has 88 valence electrons. The Bertz CT molecular complexity index is 432. The van der Waals surface area contributed by atoms with Crippen LogP contribution in [0.25, 0.3) is 0 Å². The zero-order chi connectivity index (χ0) is 12.1. The second-order valence-corrected chi connectivity index (χ2v) is 6.62. The van der Waals surface area contributed by atoms with E-state index in [1.807, 2.05) is 13.8 Å². The highest BCUT2D eigenvalue weighted by molar-refractivity contribution is 9.10. The summed E-state index contributed by atoms with van der Waals surface area (Å²) in [6, 6.07) is 4.18. The summed E-state index contributed by atoms with van der Waals surface area (Å²) in [6.45, 7) is 8.22. The Kier molecular flexibility index (Phi) is 2.59. The monoisotopic (exact) mass is 283 g/mol. The van der Waals surface area contributed by atoms with Gasteiger partial charge in [-0.2, -0.15) is 0 Å². The molecule has 0 aromatic heterocycles. The van der Waals surface area contributed by atoms with Crippen LogP contribution in [0.3, 0.4) is 0 Å². The van der Waals surface area contributed by atoms with E-state index in [0.717, 1.165) is 22.2 Å². The van der Waals surface area contributed by atoms with Gasteiger partial charge in [0.25, 0.3) is 0 Å². The molecule has 0 amide bonds. The first-order chi connectivity index (χ1) is 7.19. The fourth-order valence-corrected chi connectivity index (χ4v) is 2.66. The molecule has 0 atom stereocenters. The number of nitrogens with two attached hydrogens (primary N) is 1. The number of hydrogen-bond donors (Lipinski definition) is 1. The topological polar surface area (TPSA) is 35.2 Å². The minimum atomic E-state index is -0.381. The van der Waals surface area contributed by atoms with Crippen molar-refractivity contribution in [2.75, 3.05) is 0 Å². The van der Waals surface area contributed by atoms with Gasteiger partial charge < -0.3 is 10.5 Å². The smallest absolute Gasteiger partial charge is 0.128 e. The van der Waals surface area contributed by atoms with E-state index in [1.54, 1.807) is 0 Å². The Labute approximate surface area is 105 Å². The van der Waals surface area contributed by atoms with Crippen molar-refractivity contribution in [2.45, 2.75) is 45.3 Å². The van der Waals surface area contributed by atoms with Crippen molar-refractivity contribution in [2.24, 2.45) is 5.73 Å². The van der Waals surface area contributed by atoms with E-state index in [1.165, 1.54) is 5.56 Å². The molecule has 2 rings (SSSR count). The number of benzene rings is 1. The van der Waals surface area contributed by atoms with Crippen molar-refractivity contribution in [3.8, 4) is 5.75 Å². The van der Waals surface area contributed by atoms with Crippen molar-refractivity contribution in [3.63, 3.8) is 0 Å². The van der Waals surface area contributed by atoms with Gasteiger partial charge in [0.15, 0.2) is 0 Å². The molecule has 0 aliphatic carbocycles. The summed E-state index contributed by atoms with van der Waals surface area (Å²) in [5.74, 6) is 0.973. The summed E-state index contributed by atoms with van der Waals surface area (Å²) in [7, 11) is 0. The first-order valence-electron chi connectivity index (χ1n) is 5.50. The molecule has 2 N–H and O–H groups in total. The van der Waals surface area contributed by atoms with Gasteiger partial charge in [-0.3, -0.25) is 0 Å². The van der Waals surface area contributed by atoms with E-state index in [4.69, 9.17) is 10.5 Å². The van der Waals surface area contributed by atoms with E-state index in [-0.39, 0.29) is 11.1 Å². The van der Waals surface area contributed by atoms with Gasteiger partial charge in [0.05, 0.1) is 0 Å². The Morgan fingerprint density at radius 3 is 2.56 bits per heavy atom. The maximum atomic E-state index is 6.19. The third kappa shape index (κ3) is 2.11. The van der Waals surface area contributed by atoms with Gasteiger partial charge in [0.1, 0.15) is 11.4 Å². The minimum absolute atomic E-state index is 0.122. The third-order valence-electron chi connectivity index (χ3n) is 2.82. The van der Waals surface area contributed by atoms with Crippen LogP contribution in [-0.2, 0) is 12.0 Å². The molecular formula is C13H18BrNO. The van der Waals surface area contributed by atoms with Crippen molar-refractivity contribution in [3.05, 3.63) is 27.7 Å². The molecular weight excluding hydrogens is 266 g/mol. The Morgan fingerprint density at radius 2 is 2.00 bits per heavy atom. The summed E-state index contributed by atoms with van der Waals surface area (Å²) in [6.07, 6.45) is 0.935. The lowest BCUT2D eigenvalue weighted by Crippen LogP contribution is -2.30. The van der Waals surface area contributed by atoms with Gasteiger partial charge in [0.2, 0.25) is 0 Å². The fourth-order valence-electron chi connectivity index (χ4n) is 2.15. The van der Waals surface area contributed by atoms with Crippen LogP contribution in [0.5, 0.6) is 5.75 Å². The second-order valence-electron chi connectivity index (χ2n) is 5.70. The van der Waals surface area contributed by atoms with Gasteiger partial charge in [-0.15, -0.1) is 0 Å². The highest BCUT2D eigenvalue weighted by Gasteiger charge is 2.34. The lowest BCUT2D eigenvalue weighted by atomic mass is 9.92. The lowest BCUT2D eigenvalue weighted by molar-refractivity contribution is 0.136. The highest BCUT2D eigenvalue weighted by Crippen LogP contribution is 2.42. The lowest BCUT2D eigenvalue weighted by Gasteiger charge is -2.24. The van der Waals surface area contributed by atoms with Crippen molar-refractivity contribution in [1.29, 1.82) is 0 Å². The van der Waals surface area contributed by atoms with Crippen LogP contribution < -0.4 is 10.5 Å². The normalized spacial score (nSPS) is 18.1. The highest BCUT2D eigenvalue weighted by atomic mass is 79.9. The van der Waals surface area contributed by atoms with E-state index >= 15 is 0 Å². The van der Waals surface area contributed by atoms with Crippen LogP contribution in [0.1, 0.15) is 38.8 Å². The molecule has 0 saturated carbocycles. The molecule has 0 fully saturated rings. The molecule has 3 heteroatoms. The van der Waals surface area contributed by atoms with Crippen molar-refractivity contribution < 1.29 is 4.74 Å². The average molecular weight is 284 g/mol. The molecule has 1 aromatic rings. The predicted molar refractivity (Wildman–Crippen MR) is 69.8 cm³/mol. The first-order valence-corrected chi connectivity index (χ1v) is 6.29. The van der Waals surface area contributed by atoms with E-state index in [2.05, 4.69) is 41.9 Å². The first kappa shape index (κ1) is 11.9. The Balaban J connectivity index is 2.58. The quantitative estimate of drug-likeness (QED) is 0.858. The summed E-state index contributed by atoms with van der Waals surface area (Å²) < 4.78 is 7.08. The zero-order valence-electron chi connectivity index (χ0n) is 10.2.